The predicted octanol–water partition coefficient (Wildman–Crippen LogP) is 2.61. The van der Waals surface area contributed by atoms with Crippen molar-refractivity contribution in [2.75, 3.05) is 0 Å². The number of rotatable bonds is 2. The van der Waals surface area contributed by atoms with Crippen molar-refractivity contribution >= 4 is 0 Å². The summed E-state index contributed by atoms with van der Waals surface area (Å²) in [6.45, 7) is 2.01. The lowest BCUT2D eigenvalue weighted by Crippen LogP contribution is -1.75. The number of hydrogen-bond donors (Lipinski definition) is 1. The van der Waals surface area contributed by atoms with Gasteiger partial charge in [0.15, 0.2) is 5.76 Å². The Morgan fingerprint density at radius 1 is 1.36 bits per heavy atom. The minimum atomic E-state index is 0.214. The summed E-state index contributed by atoms with van der Waals surface area (Å²) >= 11 is 0. The average molecular weight is 189 g/mol. The van der Waals surface area contributed by atoms with Crippen molar-refractivity contribution in [3.63, 3.8) is 0 Å². The standard InChI is InChI=1S/C11H11NO2/c1-2-8-7-11(14-12-8)9-5-3-4-6-10(9)13/h3-7,13H,2H2,1H3. The molecule has 0 atom stereocenters. The van der Waals surface area contributed by atoms with E-state index in [0.717, 1.165) is 12.1 Å². The Balaban J connectivity index is 2.44. The number of aromatic nitrogens is 1. The van der Waals surface area contributed by atoms with E-state index in [1.807, 2.05) is 19.1 Å². The lowest BCUT2D eigenvalue weighted by atomic mass is 10.1. The van der Waals surface area contributed by atoms with Crippen LogP contribution in [0.25, 0.3) is 11.3 Å². The minimum absolute atomic E-state index is 0.214. The molecule has 2 rings (SSSR count). The van der Waals surface area contributed by atoms with Gasteiger partial charge >= 0.3 is 0 Å². The average Bonchev–Trinajstić information content (AvgIpc) is 2.67. The van der Waals surface area contributed by atoms with Crippen LogP contribution in [-0.2, 0) is 6.42 Å². The first-order chi connectivity index (χ1) is 6.81. The molecule has 3 heteroatoms. The highest BCUT2D eigenvalue weighted by molar-refractivity contribution is 5.64. The third-order valence-corrected chi connectivity index (χ3v) is 2.09. The highest BCUT2D eigenvalue weighted by Gasteiger charge is 2.08. The molecule has 0 bridgehead atoms. The molecule has 0 fully saturated rings. The Labute approximate surface area is 82.0 Å². The quantitative estimate of drug-likeness (QED) is 0.789. The van der Waals surface area contributed by atoms with Crippen LogP contribution in [0, 0.1) is 0 Å². The normalized spacial score (nSPS) is 10.4. The number of phenolic OH excluding ortho intramolecular Hbond substituents is 1. The second kappa shape index (κ2) is 3.54. The lowest BCUT2D eigenvalue weighted by Gasteiger charge is -1.97. The molecule has 1 aromatic carbocycles. The van der Waals surface area contributed by atoms with Crippen LogP contribution in [0.2, 0.25) is 0 Å². The molecular weight excluding hydrogens is 178 g/mol. The fourth-order valence-corrected chi connectivity index (χ4v) is 1.29. The van der Waals surface area contributed by atoms with E-state index >= 15 is 0 Å². The van der Waals surface area contributed by atoms with Gasteiger partial charge in [0.2, 0.25) is 0 Å². The van der Waals surface area contributed by atoms with E-state index in [-0.39, 0.29) is 5.75 Å². The van der Waals surface area contributed by atoms with E-state index in [9.17, 15) is 5.11 Å². The molecular formula is C11H11NO2. The summed E-state index contributed by atoms with van der Waals surface area (Å²) in [6, 6.07) is 8.90. The van der Waals surface area contributed by atoms with Gasteiger partial charge < -0.3 is 9.63 Å². The third kappa shape index (κ3) is 1.48. The van der Waals surface area contributed by atoms with Crippen molar-refractivity contribution in [3.05, 3.63) is 36.0 Å². The van der Waals surface area contributed by atoms with E-state index < -0.39 is 0 Å². The van der Waals surface area contributed by atoms with Crippen LogP contribution in [0.3, 0.4) is 0 Å². The fraction of sp³-hybridized carbons (Fsp3) is 0.182. The molecule has 1 aromatic heterocycles. The Hall–Kier alpha value is -1.77. The van der Waals surface area contributed by atoms with E-state index in [4.69, 9.17) is 4.52 Å². The number of aryl methyl sites for hydroxylation is 1. The van der Waals surface area contributed by atoms with E-state index in [2.05, 4.69) is 5.16 Å². The molecule has 3 nitrogen and oxygen atoms in total. The van der Waals surface area contributed by atoms with Crippen molar-refractivity contribution in [3.8, 4) is 17.1 Å². The topological polar surface area (TPSA) is 46.3 Å². The van der Waals surface area contributed by atoms with Crippen LogP contribution < -0.4 is 0 Å². The zero-order valence-corrected chi connectivity index (χ0v) is 7.90. The number of aromatic hydroxyl groups is 1. The molecule has 72 valence electrons. The minimum Gasteiger partial charge on any atom is -0.507 e. The van der Waals surface area contributed by atoms with Crippen LogP contribution in [-0.4, -0.2) is 10.3 Å². The van der Waals surface area contributed by atoms with E-state index in [1.165, 1.54) is 0 Å². The summed E-state index contributed by atoms with van der Waals surface area (Å²) < 4.78 is 5.11. The molecule has 1 N–H and O–H groups in total. The SMILES string of the molecule is CCc1cc(-c2ccccc2O)on1. The largest absolute Gasteiger partial charge is 0.507 e. The second-order valence-corrected chi connectivity index (χ2v) is 3.05. The zero-order valence-electron chi connectivity index (χ0n) is 7.90. The number of nitrogens with zero attached hydrogens (tertiary/aromatic N) is 1. The fourth-order valence-electron chi connectivity index (χ4n) is 1.29. The number of benzene rings is 1. The van der Waals surface area contributed by atoms with Gasteiger partial charge in [-0.1, -0.05) is 24.2 Å². The summed E-state index contributed by atoms with van der Waals surface area (Å²) in [5.41, 5.74) is 1.57. The summed E-state index contributed by atoms with van der Waals surface area (Å²) in [7, 11) is 0. The van der Waals surface area contributed by atoms with Gasteiger partial charge in [0.25, 0.3) is 0 Å². The van der Waals surface area contributed by atoms with Crippen LogP contribution in [0.5, 0.6) is 5.75 Å². The van der Waals surface area contributed by atoms with Crippen LogP contribution in [0.4, 0.5) is 0 Å². The Morgan fingerprint density at radius 3 is 2.79 bits per heavy atom. The van der Waals surface area contributed by atoms with Crippen LogP contribution in [0.1, 0.15) is 12.6 Å². The van der Waals surface area contributed by atoms with Gasteiger partial charge in [0, 0.05) is 6.07 Å². The highest BCUT2D eigenvalue weighted by Crippen LogP contribution is 2.28. The molecule has 0 aliphatic carbocycles. The second-order valence-electron chi connectivity index (χ2n) is 3.05. The molecule has 0 unspecified atom stereocenters. The van der Waals surface area contributed by atoms with Crippen LogP contribution >= 0.6 is 0 Å². The number of para-hydroxylation sites is 1. The molecule has 0 saturated heterocycles. The maximum Gasteiger partial charge on any atom is 0.170 e. The number of phenols is 1. The Morgan fingerprint density at radius 2 is 2.14 bits per heavy atom. The van der Waals surface area contributed by atoms with Crippen LogP contribution in [0.15, 0.2) is 34.9 Å². The molecule has 2 aromatic rings. The zero-order chi connectivity index (χ0) is 9.97. The summed E-state index contributed by atoms with van der Waals surface area (Å²) in [5, 5.41) is 13.4. The van der Waals surface area contributed by atoms with Gasteiger partial charge in [-0.25, -0.2) is 0 Å². The smallest absolute Gasteiger partial charge is 0.170 e. The maximum absolute atomic E-state index is 9.56. The monoisotopic (exact) mass is 189 g/mol. The van der Waals surface area contributed by atoms with E-state index in [0.29, 0.717) is 11.3 Å². The van der Waals surface area contributed by atoms with Crippen molar-refractivity contribution in [1.29, 1.82) is 0 Å². The van der Waals surface area contributed by atoms with Crippen molar-refractivity contribution in [1.82, 2.24) is 5.16 Å². The van der Waals surface area contributed by atoms with E-state index in [1.54, 1.807) is 18.2 Å². The summed E-state index contributed by atoms with van der Waals surface area (Å²) in [6.07, 6.45) is 0.830. The van der Waals surface area contributed by atoms with Gasteiger partial charge in [-0.3, -0.25) is 0 Å². The molecule has 0 radical (unpaired) electrons. The maximum atomic E-state index is 9.56. The van der Waals surface area contributed by atoms with Crippen molar-refractivity contribution in [2.45, 2.75) is 13.3 Å². The molecule has 14 heavy (non-hydrogen) atoms. The number of hydrogen-bond acceptors (Lipinski definition) is 3. The Kier molecular flexibility index (Phi) is 2.23. The van der Waals surface area contributed by atoms with Gasteiger partial charge in [-0.2, -0.15) is 0 Å². The highest BCUT2D eigenvalue weighted by atomic mass is 16.5. The van der Waals surface area contributed by atoms with Crippen molar-refractivity contribution in [2.24, 2.45) is 0 Å². The lowest BCUT2D eigenvalue weighted by molar-refractivity contribution is 0.419. The molecule has 0 spiro atoms. The third-order valence-electron chi connectivity index (χ3n) is 2.09. The first kappa shape index (κ1) is 8.81. The molecule has 0 saturated carbocycles. The summed E-state index contributed by atoms with van der Waals surface area (Å²) in [5.74, 6) is 0.825. The van der Waals surface area contributed by atoms with Crippen molar-refractivity contribution < 1.29 is 9.63 Å². The Bertz CT molecular complexity index is 434. The van der Waals surface area contributed by atoms with Gasteiger partial charge in [-0.15, -0.1) is 0 Å². The van der Waals surface area contributed by atoms with Gasteiger partial charge in [-0.05, 0) is 18.6 Å². The first-order valence-corrected chi connectivity index (χ1v) is 4.55. The first-order valence-electron chi connectivity index (χ1n) is 4.55. The molecule has 1 heterocycles. The van der Waals surface area contributed by atoms with Gasteiger partial charge in [0.05, 0.1) is 11.3 Å². The molecule has 0 aliphatic rings. The van der Waals surface area contributed by atoms with Gasteiger partial charge in [0.1, 0.15) is 5.75 Å². The predicted molar refractivity (Wildman–Crippen MR) is 53.0 cm³/mol. The molecule has 0 aliphatic heterocycles. The summed E-state index contributed by atoms with van der Waals surface area (Å²) in [4.78, 5) is 0. The molecule has 0 amide bonds.